The van der Waals surface area contributed by atoms with E-state index >= 15 is 0 Å². The van der Waals surface area contributed by atoms with E-state index in [0.717, 1.165) is 12.8 Å². The largest absolute Gasteiger partial charge is 0.343 e. The SMILES string of the molecule is C.C.C.C.C=CC[CH2-].[CH2-]CCC.[Rf]. The van der Waals surface area contributed by atoms with E-state index < -0.39 is 0 Å². The maximum absolute atomic E-state index is 3.60. The van der Waals surface area contributed by atoms with Gasteiger partial charge in [0.05, 0.1) is 0 Å². The van der Waals surface area contributed by atoms with Crippen molar-refractivity contribution < 1.29 is 0 Å². The molecule has 0 nitrogen and oxygen atoms in total. The standard InChI is InChI=1S/C4H9.C4H7.4CH4.Rf/c2*1-3-4-2;;;;;/h1,3-4H2,2H3;3H,1-2,4H2;4*1H4;/q2*-1;;;;;. The van der Waals surface area contributed by atoms with Gasteiger partial charge in [-0.3, -0.25) is 0 Å². The van der Waals surface area contributed by atoms with Crippen molar-refractivity contribution >= 4 is 0 Å². The van der Waals surface area contributed by atoms with Gasteiger partial charge in [0.1, 0.15) is 0 Å². The maximum Gasteiger partial charge on any atom is 0 e. The van der Waals surface area contributed by atoms with Gasteiger partial charge in [-0.05, 0) is 0 Å². The molecular weight excluding hydrogens is 411 g/mol. The van der Waals surface area contributed by atoms with E-state index in [1.54, 1.807) is 6.08 Å². The average Bonchev–Trinajstić information content (AvgIpc) is 1.88. The summed E-state index contributed by atoms with van der Waals surface area (Å²) in [5.41, 5.74) is 0. The Hall–Kier alpha value is -1.26. The summed E-state index contributed by atoms with van der Waals surface area (Å²) < 4.78 is 0. The molecule has 0 saturated heterocycles. The Bertz CT molecular complexity index is 32.1. The van der Waals surface area contributed by atoms with Crippen LogP contribution in [0.3, 0.4) is 0 Å². The Morgan fingerprint density at radius 1 is 1.08 bits per heavy atom. The van der Waals surface area contributed by atoms with E-state index in [0.29, 0.717) is 0 Å². The molecule has 0 aromatic carbocycles. The van der Waals surface area contributed by atoms with Gasteiger partial charge in [0, 0.05) is 0 Å². The van der Waals surface area contributed by atoms with Crippen LogP contribution in [0.15, 0.2) is 12.7 Å². The molecular formula is C12H32Rf-2. The third kappa shape index (κ3) is 1500. The molecule has 0 rings (SSSR count). The zero-order chi connectivity index (χ0) is 6.83. The predicted octanol–water partition coefficient (Wildman–Crippen LogP) is 5.56. The minimum Gasteiger partial charge on any atom is -0.343 e. The van der Waals surface area contributed by atoms with Gasteiger partial charge in [0.2, 0.25) is 0 Å². The summed E-state index contributed by atoms with van der Waals surface area (Å²) in [4.78, 5) is 0. The van der Waals surface area contributed by atoms with Gasteiger partial charge in [0.25, 0.3) is 0 Å². The number of unbranched alkanes of at least 4 members (excludes halogenated alkanes) is 1. The second-order valence-electron chi connectivity index (χ2n) is 1.43. The van der Waals surface area contributed by atoms with E-state index in [-0.39, 0.29) is 29.7 Å². The molecule has 0 aliphatic heterocycles. The first kappa shape index (κ1) is 60.3. The van der Waals surface area contributed by atoms with Crippen molar-refractivity contribution in [2.45, 2.75) is 55.9 Å². The van der Waals surface area contributed by atoms with Crippen LogP contribution in [0.4, 0.5) is 0 Å². The first-order valence-corrected chi connectivity index (χ1v) is 3.02. The minimum absolute atomic E-state index is 0. The number of hydrogen-bond acceptors (Lipinski definition) is 0. The van der Waals surface area contributed by atoms with E-state index in [1.165, 1.54) is 6.42 Å². The summed E-state index contributed by atoms with van der Waals surface area (Å²) in [6.45, 7) is 12.6. The molecule has 0 radical (unpaired) electrons. The molecule has 0 saturated carbocycles. The van der Waals surface area contributed by atoms with Crippen molar-refractivity contribution in [3.63, 3.8) is 0 Å². The zero-order valence-electron chi connectivity index (χ0n) is 6.53. The molecule has 0 atom stereocenters. The fourth-order valence-electron chi connectivity index (χ4n) is 0. The zero-order valence-corrected chi connectivity index (χ0v) is 12.9. The molecule has 0 bridgehead atoms. The molecule has 0 aromatic rings. The first-order valence-electron chi connectivity index (χ1n) is 3.02. The van der Waals surface area contributed by atoms with Gasteiger partial charge in [-0.15, -0.1) is 12.7 Å². The number of hydrogen-bond donors (Lipinski definition) is 0. The molecule has 0 heterocycles. The molecule has 0 amide bonds. The third-order valence-corrected chi connectivity index (χ3v) is 0.558. The van der Waals surface area contributed by atoms with Crippen LogP contribution in [-0.2, 0) is 0 Å². The molecule has 0 aliphatic rings. The maximum atomic E-state index is 3.60. The van der Waals surface area contributed by atoms with Crippen LogP contribution < -0.4 is 0 Å². The second-order valence-corrected chi connectivity index (χ2v) is 1.43. The molecule has 0 N–H and O–H groups in total. The quantitative estimate of drug-likeness (QED) is 0.387. The van der Waals surface area contributed by atoms with Crippen LogP contribution >= 0.6 is 0 Å². The van der Waals surface area contributed by atoms with Crippen LogP contribution in [0.2, 0.25) is 0 Å². The van der Waals surface area contributed by atoms with Crippen molar-refractivity contribution in [3.05, 3.63) is 26.5 Å². The third-order valence-electron chi connectivity index (χ3n) is 0.558. The van der Waals surface area contributed by atoms with Crippen LogP contribution in [0.25, 0.3) is 0 Å². The van der Waals surface area contributed by atoms with Crippen LogP contribution in [0, 0.1) is 13.8 Å². The minimum atomic E-state index is 0. The molecule has 84 valence electrons. The molecule has 0 aromatic heterocycles. The van der Waals surface area contributed by atoms with Crippen LogP contribution in [-0.4, -0.2) is 0 Å². The van der Waals surface area contributed by atoms with E-state index in [4.69, 9.17) is 0 Å². The van der Waals surface area contributed by atoms with Crippen molar-refractivity contribution in [2.75, 3.05) is 0 Å². The van der Waals surface area contributed by atoms with Crippen LogP contribution in [0.5, 0.6) is 0 Å². The first-order chi connectivity index (χ1) is 3.83. The topological polar surface area (TPSA) is 0 Å². The van der Waals surface area contributed by atoms with Gasteiger partial charge in [0.15, 0.2) is 0 Å². The Morgan fingerprint density at radius 2 is 1.23 bits per heavy atom. The molecule has 0 unspecified atom stereocenters. The molecule has 0 aliphatic carbocycles. The summed E-state index contributed by atoms with van der Waals surface area (Å²) in [6, 6.07) is 0. The Labute approximate surface area is 83.1 Å². The Balaban J connectivity index is -0.00000000800. The fraction of sp³-hybridized carbons (Fsp3) is 0.667. The van der Waals surface area contributed by atoms with Crippen molar-refractivity contribution in [1.82, 2.24) is 0 Å². The summed E-state index contributed by atoms with van der Waals surface area (Å²) in [5, 5.41) is 0. The van der Waals surface area contributed by atoms with Gasteiger partial charge in [-0.25, -0.2) is 0 Å². The van der Waals surface area contributed by atoms with Crippen molar-refractivity contribution in [3.8, 4) is 0 Å². The molecule has 1 heteroatoms. The van der Waals surface area contributed by atoms with E-state index in [2.05, 4.69) is 27.4 Å². The molecule has 0 spiro atoms. The predicted molar refractivity (Wildman–Crippen MR) is 67.4 cm³/mol. The van der Waals surface area contributed by atoms with Gasteiger partial charge < -0.3 is 13.8 Å². The van der Waals surface area contributed by atoms with Gasteiger partial charge in [-0.1, -0.05) is 43.1 Å². The summed E-state index contributed by atoms with van der Waals surface area (Å²) in [7, 11) is 0. The summed E-state index contributed by atoms with van der Waals surface area (Å²) in [6.07, 6.45) is 4.88. The van der Waals surface area contributed by atoms with Crippen molar-refractivity contribution in [1.29, 1.82) is 0 Å². The molecule has 13 heavy (non-hydrogen) atoms. The van der Waals surface area contributed by atoms with E-state index in [1.807, 2.05) is 0 Å². The molecule has 0 fully saturated rings. The smallest absolute Gasteiger partial charge is 0 e. The summed E-state index contributed by atoms with van der Waals surface area (Å²) >= 11 is 0. The normalized spacial score (nSPS) is 4.23. The fourth-order valence-corrected chi connectivity index (χ4v) is 0. The number of allylic oxidation sites excluding steroid dienone is 1. The van der Waals surface area contributed by atoms with Gasteiger partial charge in [-0.2, -0.15) is 12.8 Å². The monoisotopic (exact) mass is 443 g/mol. The van der Waals surface area contributed by atoms with Gasteiger partial charge >= 0.3 is 0 Å². The van der Waals surface area contributed by atoms with E-state index in [9.17, 15) is 0 Å². The Morgan fingerprint density at radius 3 is 1.23 bits per heavy atom. The summed E-state index contributed by atoms with van der Waals surface area (Å²) in [5.74, 6) is 0. The van der Waals surface area contributed by atoms with Crippen molar-refractivity contribution in [2.24, 2.45) is 0 Å². The average molecular weight is 443 g/mol. The Kier molecular flexibility index (Phi) is 629. The number of rotatable bonds is 2. The van der Waals surface area contributed by atoms with Crippen LogP contribution in [0.1, 0.15) is 55.9 Å². The second kappa shape index (κ2) is 136.